The first-order chi connectivity index (χ1) is 8.95. The van der Waals surface area contributed by atoms with Crippen LogP contribution in [0.5, 0.6) is 11.8 Å². The number of nitro benzene ring substituents is 1. The van der Waals surface area contributed by atoms with Gasteiger partial charge in [0.15, 0.2) is 0 Å². The molecule has 8 heteroatoms. The molecule has 1 aromatic carbocycles. The summed E-state index contributed by atoms with van der Waals surface area (Å²) in [5, 5.41) is 10.9. The van der Waals surface area contributed by atoms with E-state index in [1.165, 1.54) is 12.1 Å². The summed E-state index contributed by atoms with van der Waals surface area (Å²) in [5.41, 5.74) is 6.21. The quantitative estimate of drug-likeness (QED) is 0.528. The Bertz CT molecular complexity index is 628. The third-order valence-electron chi connectivity index (χ3n) is 2.21. The minimum Gasteiger partial charge on any atom is -0.417 e. The van der Waals surface area contributed by atoms with Crippen molar-refractivity contribution < 1.29 is 9.66 Å². The molecule has 0 aliphatic rings. The van der Waals surface area contributed by atoms with E-state index < -0.39 is 4.92 Å². The minimum atomic E-state index is -0.532. The molecule has 2 N–H and O–H groups in total. The lowest BCUT2D eigenvalue weighted by Crippen LogP contribution is -1.99. The number of hydrogen-bond donors (Lipinski definition) is 1. The van der Waals surface area contributed by atoms with Gasteiger partial charge in [0.05, 0.1) is 4.92 Å². The number of nitrogens with zero attached hydrogens (tertiary/aromatic N) is 3. The molecular formula is C11H9BrN4O3. The van der Waals surface area contributed by atoms with Gasteiger partial charge in [-0.25, -0.2) is 0 Å². The highest BCUT2D eigenvalue weighted by atomic mass is 79.9. The van der Waals surface area contributed by atoms with Crippen LogP contribution in [0.15, 0.2) is 28.9 Å². The highest BCUT2D eigenvalue weighted by Gasteiger charge is 2.17. The summed E-state index contributed by atoms with van der Waals surface area (Å²) in [4.78, 5) is 18.2. The molecule has 98 valence electrons. The molecule has 0 amide bonds. The summed E-state index contributed by atoms with van der Waals surface area (Å²) in [6, 6.07) is 5.98. The van der Waals surface area contributed by atoms with Crippen LogP contribution in [0.3, 0.4) is 0 Å². The second-order valence-corrected chi connectivity index (χ2v) is 4.54. The number of nitro groups is 1. The zero-order chi connectivity index (χ0) is 14.0. The van der Waals surface area contributed by atoms with E-state index in [4.69, 9.17) is 10.5 Å². The lowest BCUT2D eigenvalue weighted by molar-refractivity contribution is -0.385. The summed E-state index contributed by atoms with van der Waals surface area (Å²) >= 11 is 3.14. The van der Waals surface area contributed by atoms with Gasteiger partial charge in [-0.05, 0) is 34.5 Å². The van der Waals surface area contributed by atoms with Crippen molar-refractivity contribution in [2.45, 2.75) is 6.92 Å². The summed E-state index contributed by atoms with van der Waals surface area (Å²) < 4.78 is 5.77. The number of anilines is 1. The largest absolute Gasteiger partial charge is 0.417 e. The minimum absolute atomic E-state index is 0.0550. The molecule has 0 fully saturated rings. The topological polar surface area (TPSA) is 104 Å². The van der Waals surface area contributed by atoms with Crippen molar-refractivity contribution in [2.24, 2.45) is 0 Å². The molecule has 0 spiro atoms. The molecule has 7 nitrogen and oxygen atoms in total. The Morgan fingerprint density at radius 2 is 2.11 bits per heavy atom. The number of nitrogen functional groups attached to an aromatic ring is 1. The van der Waals surface area contributed by atoms with Crippen molar-refractivity contribution in [1.29, 1.82) is 0 Å². The number of nitrogens with two attached hydrogens (primary N) is 1. The van der Waals surface area contributed by atoms with E-state index in [0.29, 0.717) is 4.60 Å². The van der Waals surface area contributed by atoms with Crippen LogP contribution in [-0.4, -0.2) is 14.9 Å². The first-order valence-electron chi connectivity index (χ1n) is 5.18. The molecule has 1 heterocycles. The fourth-order valence-electron chi connectivity index (χ4n) is 1.41. The third kappa shape index (κ3) is 3.16. The molecule has 0 unspecified atom stereocenters. The first kappa shape index (κ1) is 13.2. The Morgan fingerprint density at radius 3 is 2.74 bits per heavy atom. The molecular weight excluding hydrogens is 316 g/mol. The van der Waals surface area contributed by atoms with Crippen LogP contribution in [-0.2, 0) is 0 Å². The summed E-state index contributed by atoms with van der Waals surface area (Å²) in [6.45, 7) is 1.80. The zero-order valence-corrected chi connectivity index (χ0v) is 11.4. The van der Waals surface area contributed by atoms with Crippen molar-refractivity contribution in [3.63, 3.8) is 0 Å². The van der Waals surface area contributed by atoms with Gasteiger partial charge in [0.25, 0.3) is 0 Å². The van der Waals surface area contributed by atoms with Gasteiger partial charge in [0.1, 0.15) is 10.4 Å². The van der Waals surface area contributed by atoms with Crippen LogP contribution >= 0.6 is 15.9 Å². The summed E-state index contributed by atoms with van der Waals surface area (Å²) in [6.07, 6.45) is 0. The van der Waals surface area contributed by atoms with Crippen LogP contribution in [0, 0.1) is 17.0 Å². The number of rotatable bonds is 3. The van der Waals surface area contributed by atoms with Gasteiger partial charge in [-0.2, -0.15) is 9.97 Å². The van der Waals surface area contributed by atoms with E-state index in [1.54, 1.807) is 19.1 Å². The molecule has 2 rings (SSSR count). The fraction of sp³-hybridized carbons (Fsp3) is 0.0909. The van der Waals surface area contributed by atoms with Crippen LogP contribution in [0.25, 0.3) is 0 Å². The Balaban J connectivity index is 2.42. The Kier molecular flexibility index (Phi) is 3.61. The number of halogens is 1. The monoisotopic (exact) mass is 324 g/mol. The third-order valence-corrected chi connectivity index (χ3v) is 2.61. The maximum Gasteiger partial charge on any atom is 0.325 e. The van der Waals surface area contributed by atoms with Gasteiger partial charge in [0, 0.05) is 12.1 Å². The summed E-state index contributed by atoms with van der Waals surface area (Å²) in [7, 11) is 0. The maximum absolute atomic E-state index is 10.9. The van der Waals surface area contributed by atoms with Crippen molar-refractivity contribution in [3.8, 4) is 11.8 Å². The van der Waals surface area contributed by atoms with Gasteiger partial charge in [0.2, 0.25) is 5.75 Å². The average molecular weight is 325 g/mol. The molecule has 0 bridgehead atoms. The zero-order valence-electron chi connectivity index (χ0n) is 9.83. The lowest BCUT2D eigenvalue weighted by Gasteiger charge is -2.06. The number of aryl methyl sites for hydroxylation is 1. The number of hydrogen-bond acceptors (Lipinski definition) is 6. The molecule has 0 saturated carbocycles. The molecule has 0 aliphatic carbocycles. The van der Waals surface area contributed by atoms with Crippen molar-refractivity contribution in [2.75, 3.05) is 5.73 Å². The van der Waals surface area contributed by atoms with Crippen molar-refractivity contribution >= 4 is 27.4 Å². The molecule has 0 radical (unpaired) electrons. The predicted molar refractivity (Wildman–Crippen MR) is 72.1 cm³/mol. The average Bonchev–Trinajstić information content (AvgIpc) is 2.26. The van der Waals surface area contributed by atoms with Gasteiger partial charge in [-0.15, -0.1) is 0 Å². The maximum atomic E-state index is 10.9. The van der Waals surface area contributed by atoms with E-state index in [9.17, 15) is 10.1 Å². The first-order valence-corrected chi connectivity index (χ1v) is 5.98. The predicted octanol–water partition coefficient (Wildman–Crippen LogP) is 2.83. The van der Waals surface area contributed by atoms with Crippen LogP contribution in [0.2, 0.25) is 0 Å². The van der Waals surface area contributed by atoms with Crippen molar-refractivity contribution in [3.05, 3.63) is 44.5 Å². The molecule has 0 saturated heterocycles. The second-order valence-electron chi connectivity index (χ2n) is 3.73. The van der Waals surface area contributed by atoms with Gasteiger partial charge >= 0.3 is 11.7 Å². The van der Waals surface area contributed by atoms with E-state index in [1.807, 2.05) is 0 Å². The normalized spacial score (nSPS) is 10.2. The second kappa shape index (κ2) is 5.19. The number of ether oxygens (including phenoxy) is 1. The smallest absolute Gasteiger partial charge is 0.325 e. The van der Waals surface area contributed by atoms with Crippen LogP contribution in [0.4, 0.5) is 11.5 Å². The Morgan fingerprint density at radius 1 is 1.37 bits per heavy atom. The van der Waals surface area contributed by atoms with E-state index >= 15 is 0 Å². The van der Waals surface area contributed by atoms with Gasteiger partial charge in [-0.1, -0.05) is 6.07 Å². The summed E-state index contributed by atoms with van der Waals surface area (Å²) in [5.74, 6) is 0.273. The van der Waals surface area contributed by atoms with E-state index in [0.717, 1.165) is 5.56 Å². The molecule has 2 aromatic rings. The number of benzene rings is 1. The lowest BCUT2D eigenvalue weighted by atomic mass is 10.2. The SMILES string of the molecule is Cc1ccc([N+](=O)[O-])c(Oc2nc(N)cc(Br)n2)c1. The van der Waals surface area contributed by atoms with E-state index in [-0.39, 0.29) is 23.3 Å². The number of aromatic nitrogens is 2. The van der Waals surface area contributed by atoms with Gasteiger partial charge in [-0.3, -0.25) is 10.1 Å². The molecule has 0 aliphatic heterocycles. The standard InChI is InChI=1S/C11H9BrN4O3/c1-6-2-3-7(16(17)18)8(4-6)19-11-14-9(12)5-10(13)15-11/h2-5H,1H3,(H2,13,14,15). The van der Waals surface area contributed by atoms with E-state index in [2.05, 4.69) is 25.9 Å². The Labute approximate surface area is 116 Å². The molecule has 19 heavy (non-hydrogen) atoms. The highest BCUT2D eigenvalue weighted by Crippen LogP contribution is 2.31. The van der Waals surface area contributed by atoms with Crippen LogP contribution < -0.4 is 10.5 Å². The molecule has 0 atom stereocenters. The molecule has 1 aromatic heterocycles. The van der Waals surface area contributed by atoms with Crippen molar-refractivity contribution in [1.82, 2.24) is 9.97 Å². The fourth-order valence-corrected chi connectivity index (χ4v) is 1.80. The van der Waals surface area contributed by atoms with Gasteiger partial charge < -0.3 is 10.5 Å². The highest BCUT2D eigenvalue weighted by molar-refractivity contribution is 9.10. The van der Waals surface area contributed by atoms with Crippen LogP contribution in [0.1, 0.15) is 5.56 Å². The Hall–Kier alpha value is -2.22.